The van der Waals surface area contributed by atoms with Gasteiger partial charge in [0.25, 0.3) is 0 Å². The minimum atomic E-state index is -2.86. The fourth-order valence-corrected chi connectivity index (χ4v) is 4.72. The lowest BCUT2D eigenvalue weighted by molar-refractivity contribution is 0.281. The van der Waals surface area contributed by atoms with Gasteiger partial charge in [0.15, 0.2) is 0 Å². The normalized spacial score (nSPS) is 17.5. The highest BCUT2D eigenvalue weighted by molar-refractivity contribution is 7.91. The molecule has 2 aromatic rings. The van der Waals surface area contributed by atoms with Gasteiger partial charge < -0.3 is 14.2 Å². The first-order valence-electron chi connectivity index (χ1n) is 9.06. The van der Waals surface area contributed by atoms with Crippen LogP contribution in [0.1, 0.15) is 25.3 Å². The van der Waals surface area contributed by atoms with E-state index in [-0.39, 0.29) is 17.5 Å². The summed E-state index contributed by atoms with van der Waals surface area (Å²) in [7, 11) is 1.25. The summed E-state index contributed by atoms with van der Waals surface area (Å²) in [5, 5.41) is 0. The molecule has 142 valence electrons. The van der Waals surface area contributed by atoms with Crippen molar-refractivity contribution in [2.24, 2.45) is 0 Å². The quantitative estimate of drug-likeness (QED) is 0.694. The van der Waals surface area contributed by atoms with Gasteiger partial charge in [-0.15, -0.1) is 0 Å². The van der Waals surface area contributed by atoms with Crippen molar-refractivity contribution in [3.63, 3.8) is 0 Å². The highest BCUT2D eigenvalue weighted by atomic mass is 32.2. The zero-order valence-electron chi connectivity index (χ0n) is 15.5. The summed E-state index contributed by atoms with van der Waals surface area (Å²) in [5.74, 6) is 2.26. The van der Waals surface area contributed by atoms with Crippen LogP contribution in [-0.2, 0) is 9.84 Å². The van der Waals surface area contributed by atoms with Crippen LogP contribution < -0.4 is 4.74 Å². The fraction of sp³-hybridized carbons (Fsp3) is 0.526. The van der Waals surface area contributed by atoms with E-state index in [2.05, 4.69) is 28.5 Å². The SMILES string of the molecule is CN(C)CCCOc1ccc(-c2nccn2C2CCS(=O)(=O)CC2)cc1. The van der Waals surface area contributed by atoms with Crippen molar-refractivity contribution in [2.45, 2.75) is 25.3 Å². The molecule has 0 atom stereocenters. The first kappa shape index (κ1) is 18.9. The van der Waals surface area contributed by atoms with E-state index >= 15 is 0 Å². The minimum Gasteiger partial charge on any atom is -0.494 e. The van der Waals surface area contributed by atoms with Crippen LogP contribution in [0.2, 0.25) is 0 Å². The lowest BCUT2D eigenvalue weighted by atomic mass is 10.1. The molecule has 0 radical (unpaired) electrons. The standard InChI is InChI=1S/C19H27N3O3S/c1-21(2)11-3-13-25-18-6-4-16(5-7-18)19-20-10-12-22(19)17-8-14-26(23,24)15-9-17/h4-7,10,12,17H,3,8-9,11,13-15H2,1-2H3. The van der Waals surface area contributed by atoms with Crippen LogP contribution in [0.25, 0.3) is 11.4 Å². The molecule has 2 heterocycles. The maximum atomic E-state index is 11.7. The predicted molar refractivity (Wildman–Crippen MR) is 103 cm³/mol. The summed E-state index contributed by atoms with van der Waals surface area (Å²) in [6.45, 7) is 1.70. The molecule has 26 heavy (non-hydrogen) atoms. The molecule has 0 aliphatic carbocycles. The Bertz CT molecular complexity index is 799. The molecule has 0 saturated carbocycles. The Hall–Kier alpha value is -1.86. The van der Waals surface area contributed by atoms with Crippen LogP contribution in [0.15, 0.2) is 36.7 Å². The van der Waals surface area contributed by atoms with Gasteiger partial charge in [0, 0.05) is 30.5 Å². The van der Waals surface area contributed by atoms with Crippen LogP contribution in [0.5, 0.6) is 5.75 Å². The number of imidazole rings is 1. The Morgan fingerprint density at radius 1 is 1.19 bits per heavy atom. The molecule has 1 aliphatic heterocycles. The lowest BCUT2D eigenvalue weighted by Gasteiger charge is -2.25. The summed E-state index contributed by atoms with van der Waals surface area (Å²) in [4.78, 5) is 6.63. The molecule has 0 spiro atoms. The van der Waals surface area contributed by atoms with Gasteiger partial charge in [-0.1, -0.05) is 0 Å². The largest absolute Gasteiger partial charge is 0.494 e. The summed E-state index contributed by atoms with van der Waals surface area (Å²) in [5.41, 5.74) is 1.02. The van der Waals surface area contributed by atoms with E-state index in [1.807, 2.05) is 30.5 Å². The average Bonchev–Trinajstić information content (AvgIpc) is 3.09. The summed E-state index contributed by atoms with van der Waals surface area (Å²) >= 11 is 0. The predicted octanol–water partition coefficient (Wildman–Crippen LogP) is 2.63. The molecule has 1 aromatic heterocycles. The van der Waals surface area contributed by atoms with Gasteiger partial charge in [-0.3, -0.25) is 0 Å². The minimum absolute atomic E-state index is 0.193. The maximum Gasteiger partial charge on any atom is 0.150 e. The molecular weight excluding hydrogens is 350 g/mol. The average molecular weight is 378 g/mol. The Morgan fingerprint density at radius 3 is 2.54 bits per heavy atom. The van der Waals surface area contributed by atoms with Crippen molar-refractivity contribution in [2.75, 3.05) is 38.8 Å². The first-order valence-corrected chi connectivity index (χ1v) is 10.9. The van der Waals surface area contributed by atoms with Gasteiger partial charge in [-0.05, 0) is 57.6 Å². The lowest BCUT2D eigenvalue weighted by Crippen LogP contribution is -2.25. The van der Waals surface area contributed by atoms with Gasteiger partial charge >= 0.3 is 0 Å². The zero-order valence-corrected chi connectivity index (χ0v) is 16.3. The topological polar surface area (TPSA) is 64.4 Å². The highest BCUT2D eigenvalue weighted by Gasteiger charge is 2.26. The molecule has 0 bridgehead atoms. The second-order valence-corrected chi connectivity index (χ2v) is 9.37. The summed E-state index contributed by atoms with van der Waals surface area (Å²) in [6.07, 6.45) is 6.02. The summed E-state index contributed by atoms with van der Waals surface area (Å²) in [6, 6.07) is 8.15. The highest BCUT2D eigenvalue weighted by Crippen LogP contribution is 2.29. The molecule has 1 fully saturated rings. The van der Waals surface area contributed by atoms with E-state index in [0.717, 1.165) is 30.1 Å². The van der Waals surface area contributed by atoms with E-state index in [9.17, 15) is 8.42 Å². The first-order chi connectivity index (χ1) is 12.4. The number of hydrogen-bond donors (Lipinski definition) is 0. The Balaban J connectivity index is 1.64. The van der Waals surface area contributed by atoms with E-state index in [1.165, 1.54) is 0 Å². The molecule has 0 N–H and O–H groups in total. The van der Waals surface area contributed by atoms with E-state index in [0.29, 0.717) is 19.4 Å². The monoisotopic (exact) mass is 377 g/mol. The number of sulfone groups is 1. The fourth-order valence-electron chi connectivity index (χ4n) is 3.26. The van der Waals surface area contributed by atoms with Gasteiger partial charge in [0.05, 0.1) is 18.1 Å². The molecule has 3 rings (SSSR count). The van der Waals surface area contributed by atoms with Crippen molar-refractivity contribution in [1.29, 1.82) is 0 Å². The van der Waals surface area contributed by atoms with Crippen LogP contribution in [0.3, 0.4) is 0 Å². The third-order valence-electron chi connectivity index (χ3n) is 4.72. The third-order valence-corrected chi connectivity index (χ3v) is 6.43. The van der Waals surface area contributed by atoms with Crippen LogP contribution in [-0.4, -0.2) is 61.6 Å². The number of aromatic nitrogens is 2. The van der Waals surface area contributed by atoms with E-state index in [4.69, 9.17) is 4.74 Å². The van der Waals surface area contributed by atoms with Crippen LogP contribution in [0.4, 0.5) is 0 Å². The van der Waals surface area contributed by atoms with Crippen molar-refractivity contribution in [3.8, 4) is 17.1 Å². The van der Waals surface area contributed by atoms with Crippen molar-refractivity contribution >= 4 is 9.84 Å². The maximum absolute atomic E-state index is 11.7. The second-order valence-electron chi connectivity index (χ2n) is 7.07. The van der Waals surface area contributed by atoms with Crippen LogP contribution >= 0.6 is 0 Å². The number of nitrogens with zero attached hydrogens (tertiary/aromatic N) is 3. The van der Waals surface area contributed by atoms with Crippen molar-refractivity contribution < 1.29 is 13.2 Å². The molecular formula is C19H27N3O3S. The third kappa shape index (κ3) is 4.86. The molecule has 0 unspecified atom stereocenters. The van der Waals surface area contributed by atoms with Gasteiger partial charge in [-0.2, -0.15) is 0 Å². The van der Waals surface area contributed by atoms with Crippen molar-refractivity contribution in [1.82, 2.24) is 14.5 Å². The molecule has 1 saturated heterocycles. The number of ether oxygens (including phenoxy) is 1. The molecule has 1 aromatic carbocycles. The molecule has 7 heteroatoms. The Kier molecular flexibility index (Phi) is 5.98. The van der Waals surface area contributed by atoms with E-state index < -0.39 is 9.84 Å². The number of hydrogen-bond acceptors (Lipinski definition) is 5. The number of benzene rings is 1. The smallest absolute Gasteiger partial charge is 0.150 e. The van der Waals surface area contributed by atoms with Gasteiger partial charge in [0.1, 0.15) is 21.4 Å². The Labute approximate surface area is 155 Å². The van der Waals surface area contributed by atoms with Gasteiger partial charge in [-0.25, -0.2) is 13.4 Å². The number of rotatable bonds is 7. The second kappa shape index (κ2) is 8.22. The molecule has 0 amide bonds. The molecule has 1 aliphatic rings. The molecule has 6 nitrogen and oxygen atoms in total. The van der Waals surface area contributed by atoms with Crippen LogP contribution in [0, 0.1) is 0 Å². The Morgan fingerprint density at radius 2 is 1.88 bits per heavy atom. The van der Waals surface area contributed by atoms with E-state index in [1.54, 1.807) is 6.20 Å². The summed E-state index contributed by atoms with van der Waals surface area (Å²) < 4.78 is 31.2. The van der Waals surface area contributed by atoms with Gasteiger partial charge in [0.2, 0.25) is 0 Å². The van der Waals surface area contributed by atoms with Crippen molar-refractivity contribution in [3.05, 3.63) is 36.7 Å². The zero-order chi connectivity index (χ0) is 18.6.